The van der Waals surface area contributed by atoms with Crippen LogP contribution in [0, 0.1) is 0 Å². The highest BCUT2D eigenvalue weighted by Gasteiger charge is 2.25. The fourth-order valence-electron chi connectivity index (χ4n) is 1.85. The highest BCUT2D eigenvalue weighted by atomic mass is 35.5. The van der Waals surface area contributed by atoms with Crippen LogP contribution >= 0.6 is 34.7 Å². The normalized spacial score (nSPS) is 14.6. The Morgan fingerprint density at radius 1 is 1.32 bits per heavy atom. The van der Waals surface area contributed by atoms with Crippen LogP contribution in [0.5, 0.6) is 0 Å². The van der Waals surface area contributed by atoms with Crippen LogP contribution < -0.4 is 16.0 Å². The Balaban J connectivity index is 1.52. The van der Waals surface area contributed by atoms with Crippen LogP contribution in [-0.2, 0) is 4.79 Å². The summed E-state index contributed by atoms with van der Waals surface area (Å²) in [5, 5.41) is 16.9. The van der Waals surface area contributed by atoms with Gasteiger partial charge in [-0.25, -0.2) is 4.79 Å². The van der Waals surface area contributed by atoms with Gasteiger partial charge in [-0.1, -0.05) is 46.8 Å². The molecule has 0 unspecified atom stereocenters. The van der Waals surface area contributed by atoms with E-state index in [1.54, 1.807) is 13.0 Å². The van der Waals surface area contributed by atoms with Gasteiger partial charge in [-0.2, -0.15) is 0 Å². The predicted octanol–water partition coefficient (Wildman–Crippen LogP) is 3.40. The lowest BCUT2D eigenvalue weighted by Gasteiger charge is -2.09. The van der Waals surface area contributed by atoms with Crippen molar-refractivity contribution in [3.63, 3.8) is 0 Å². The molecular weight excluding hydrogens is 382 g/mol. The molecule has 1 atom stereocenters. The molecule has 132 valence electrons. The number of hydrogen-bond acceptors (Lipinski definition) is 7. The summed E-state index contributed by atoms with van der Waals surface area (Å²) < 4.78 is 0.625. The second-order valence-corrected chi connectivity index (χ2v) is 8.45. The van der Waals surface area contributed by atoms with Crippen molar-refractivity contribution in [2.24, 2.45) is 0 Å². The van der Waals surface area contributed by atoms with Crippen molar-refractivity contribution < 1.29 is 9.59 Å². The van der Waals surface area contributed by atoms with Crippen LogP contribution in [0.3, 0.4) is 0 Å². The molecule has 10 heteroatoms. The average Bonchev–Trinajstić information content (AvgIpc) is 3.27. The molecule has 1 aliphatic carbocycles. The number of hydrogen-bond donors (Lipinski definition) is 3. The number of nitrogens with one attached hydrogen (secondary N) is 3. The molecule has 0 saturated heterocycles. The van der Waals surface area contributed by atoms with Crippen LogP contribution in [0.25, 0.3) is 0 Å². The Kier molecular flexibility index (Phi) is 5.77. The SMILES string of the molecule is C[C@H](Sc1nnc(Nc2ccccc2Cl)s1)C(=O)NC(=O)NC1CC1. The van der Waals surface area contributed by atoms with Gasteiger partial charge >= 0.3 is 6.03 Å². The molecule has 25 heavy (non-hydrogen) atoms. The molecule has 1 aliphatic rings. The zero-order valence-corrected chi connectivity index (χ0v) is 15.7. The second kappa shape index (κ2) is 8.03. The third-order valence-corrected chi connectivity index (χ3v) is 5.67. The summed E-state index contributed by atoms with van der Waals surface area (Å²) in [6.45, 7) is 1.72. The van der Waals surface area contributed by atoms with Gasteiger partial charge in [-0.15, -0.1) is 10.2 Å². The number of aromatic nitrogens is 2. The van der Waals surface area contributed by atoms with Gasteiger partial charge in [0, 0.05) is 6.04 Å². The van der Waals surface area contributed by atoms with Crippen LogP contribution in [0.2, 0.25) is 5.02 Å². The van der Waals surface area contributed by atoms with Crippen LogP contribution in [-0.4, -0.2) is 33.4 Å². The van der Waals surface area contributed by atoms with E-state index in [0.717, 1.165) is 18.5 Å². The third kappa shape index (κ3) is 5.32. The number of amides is 3. The lowest BCUT2D eigenvalue weighted by Crippen LogP contribution is -2.43. The van der Waals surface area contributed by atoms with E-state index in [1.165, 1.54) is 23.1 Å². The summed E-state index contributed by atoms with van der Waals surface area (Å²) in [6, 6.07) is 7.08. The first kappa shape index (κ1) is 18.0. The van der Waals surface area contributed by atoms with Crippen molar-refractivity contribution in [1.29, 1.82) is 0 Å². The van der Waals surface area contributed by atoms with E-state index in [1.807, 2.05) is 18.2 Å². The molecule has 0 radical (unpaired) electrons. The summed E-state index contributed by atoms with van der Waals surface area (Å²) >= 11 is 8.65. The number of imide groups is 1. The van der Waals surface area contributed by atoms with Crippen molar-refractivity contribution in [2.45, 2.75) is 35.4 Å². The Morgan fingerprint density at radius 3 is 2.80 bits per heavy atom. The average molecular weight is 398 g/mol. The Morgan fingerprint density at radius 2 is 2.08 bits per heavy atom. The van der Waals surface area contributed by atoms with Gasteiger partial charge in [-0.3, -0.25) is 10.1 Å². The number of urea groups is 1. The topological polar surface area (TPSA) is 96.0 Å². The molecule has 1 fully saturated rings. The van der Waals surface area contributed by atoms with Crippen LogP contribution in [0.15, 0.2) is 28.6 Å². The number of rotatable bonds is 6. The predicted molar refractivity (Wildman–Crippen MR) is 99.7 cm³/mol. The van der Waals surface area contributed by atoms with E-state index in [-0.39, 0.29) is 11.9 Å². The number of halogens is 1. The van der Waals surface area contributed by atoms with Crippen molar-refractivity contribution in [3.05, 3.63) is 29.3 Å². The second-order valence-electron chi connectivity index (χ2n) is 5.48. The summed E-state index contributed by atoms with van der Waals surface area (Å²) in [6.07, 6.45) is 1.94. The van der Waals surface area contributed by atoms with E-state index >= 15 is 0 Å². The number of thioether (sulfide) groups is 1. The quantitative estimate of drug-likeness (QED) is 0.646. The number of carbonyl (C=O) groups is 2. The molecular formula is C15H16ClN5O2S2. The maximum absolute atomic E-state index is 12.0. The molecule has 0 bridgehead atoms. The number of anilines is 2. The van der Waals surface area contributed by atoms with E-state index in [0.29, 0.717) is 14.5 Å². The van der Waals surface area contributed by atoms with Crippen molar-refractivity contribution in [2.75, 3.05) is 5.32 Å². The molecule has 1 heterocycles. The largest absolute Gasteiger partial charge is 0.335 e. The van der Waals surface area contributed by atoms with Crippen LogP contribution in [0.1, 0.15) is 19.8 Å². The van der Waals surface area contributed by atoms with Gasteiger partial charge in [0.1, 0.15) is 0 Å². The van der Waals surface area contributed by atoms with Gasteiger partial charge in [0.2, 0.25) is 11.0 Å². The Bertz CT molecular complexity index is 781. The molecule has 1 aromatic carbocycles. The minimum Gasteiger partial charge on any atom is -0.335 e. The standard InChI is InChI=1S/C15H16ClN5O2S2/c1-8(12(22)19-13(23)17-9-6-7-9)24-15-21-20-14(25-15)18-11-5-3-2-4-10(11)16/h2-5,8-9H,6-7H2,1H3,(H,18,20)(H2,17,19,22,23)/t8-/m0/s1. The van der Waals surface area contributed by atoms with Crippen molar-refractivity contribution in [3.8, 4) is 0 Å². The molecule has 0 spiro atoms. The highest BCUT2D eigenvalue weighted by molar-refractivity contribution is 8.02. The lowest BCUT2D eigenvalue weighted by molar-refractivity contribution is -0.119. The molecule has 3 N–H and O–H groups in total. The Hall–Kier alpha value is -1.84. The maximum atomic E-state index is 12.0. The zero-order chi connectivity index (χ0) is 17.8. The fourth-order valence-corrected chi connectivity index (χ4v) is 3.94. The van der Waals surface area contributed by atoms with E-state index in [4.69, 9.17) is 11.6 Å². The first-order valence-electron chi connectivity index (χ1n) is 7.64. The molecule has 0 aliphatic heterocycles. The smallest absolute Gasteiger partial charge is 0.321 e. The molecule has 1 aromatic heterocycles. The third-order valence-electron chi connectivity index (χ3n) is 3.32. The van der Waals surface area contributed by atoms with E-state index < -0.39 is 11.3 Å². The molecule has 2 aromatic rings. The maximum Gasteiger partial charge on any atom is 0.321 e. The first-order chi connectivity index (χ1) is 12.0. The first-order valence-corrected chi connectivity index (χ1v) is 9.72. The number of carbonyl (C=O) groups excluding carboxylic acids is 2. The van der Waals surface area contributed by atoms with Crippen molar-refractivity contribution >= 4 is 57.5 Å². The van der Waals surface area contributed by atoms with Gasteiger partial charge < -0.3 is 10.6 Å². The van der Waals surface area contributed by atoms with E-state index in [9.17, 15) is 9.59 Å². The highest BCUT2D eigenvalue weighted by Crippen LogP contribution is 2.32. The summed E-state index contributed by atoms with van der Waals surface area (Å²) in [4.78, 5) is 23.6. The molecule has 7 nitrogen and oxygen atoms in total. The molecule has 3 amide bonds. The minimum atomic E-state index is -0.467. The van der Waals surface area contributed by atoms with Gasteiger partial charge in [0.05, 0.1) is 16.0 Å². The van der Waals surface area contributed by atoms with E-state index in [2.05, 4.69) is 26.1 Å². The monoisotopic (exact) mass is 397 g/mol. The zero-order valence-electron chi connectivity index (χ0n) is 13.3. The minimum absolute atomic E-state index is 0.206. The number of para-hydroxylation sites is 1. The number of nitrogens with zero attached hydrogens (tertiary/aromatic N) is 2. The molecule has 3 rings (SSSR count). The van der Waals surface area contributed by atoms with Gasteiger partial charge in [0.25, 0.3) is 0 Å². The fraction of sp³-hybridized carbons (Fsp3) is 0.333. The summed E-state index contributed by atoms with van der Waals surface area (Å²) in [5.41, 5.74) is 0.736. The van der Waals surface area contributed by atoms with Gasteiger partial charge in [-0.05, 0) is 31.9 Å². The van der Waals surface area contributed by atoms with Crippen LogP contribution in [0.4, 0.5) is 15.6 Å². The number of benzene rings is 1. The summed E-state index contributed by atoms with van der Waals surface area (Å²) in [5.74, 6) is -0.362. The Labute approximate surface area is 157 Å². The van der Waals surface area contributed by atoms with Gasteiger partial charge in [0.15, 0.2) is 4.34 Å². The van der Waals surface area contributed by atoms with Crippen molar-refractivity contribution in [1.82, 2.24) is 20.8 Å². The summed E-state index contributed by atoms with van der Waals surface area (Å²) in [7, 11) is 0. The lowest BCUT2D eigenvalue weighted by atomic mass is 10.3. The molecule has 1 saturated carbocycles.